The van der Waals surface area contributed by atoms with Crippen LogP contribution in [0.15, 0.2) is 46.2 Å². The van der Waals surface area contributed by atoms with E-state index in [1.54, 1.807) is 12.1 Å². The molecule has 33 heavy (non-hydrogen) atoms. The van der Waals surface area contributed by atoms with Gasteiger partial charge in [0.2, 0.25) is 9.84 Å². The number of piperidine rings is 1. The molecule has 2 fully saturated rings. The van der Waals surface area contributed by atoms with Crippen LogP contribution in [0.25, 0.3) is 0 Å². The summed E-state index contributed by atoms with van der Waals surface area (Å²) in [4.78, 5) is 2.42. The van der Waals surface area contributed by atoms with E-state index in [-0.39, 0.29) is 27.6 Å². The number of likely N-dealkylation sites (tertiary alicyclic amines) is 1. The first-order valence-corrected chi connectivity index (χ1v) is 13.3. The molecule has 8 heteroatoms. The van der Waals surface area contributed by atoms with Gasteiger partial charge in [-0.25, -0.2) is 12.8 Å². The van der Waals surface area contributed by atoms with E-state index in [9.17, 15) is 12.8 Å². The van der Waals surface area contributed by atoms with E-state index in [1.807, 2.05) is 6.07 Å². The lowest BCUT2D eigenvalue weighted by Crippen LogP contribution is -2.39. The molecule has 3 heterocycles. The zero-order chi connectivity index (χ0) is 23.0. The molecule has 5 rings (SSSR count). The van der Waals surface area contributed by atoms with Crippen molar-refractivity contribution < 1.29 is 22.3 Å². The Morgan fingerprint density at radius 3 is 2.88 bits per heavy atom. The smallest absolute Gasteiger partial charge is 0.206 e. The van der Waals surface area contributed by atoms with Crippen LogP contribution in [0.1, 0.15) is 44.1 Å². The fourth-order valence-corrected chi connectivity index (χ4v) is 6.58. The van der Waals surface area contributed by atoms with Crippen LogP contribution in [-0.4, -0.2) is 58.2 Å². The van der Waals surface area contributed by atoms with Crippen LogP contribution in [0.4, 0.5) is 4.39 Å². The molecule has 2 saturated heterocycles. The molecule has 0 saturated carbocycles. The number of benzene rings is 2. The highest BCUT2D eigenvalue weighted by molar-refractivity contribution is 7.91. The summed E-state index contributed by atoms with van der Waals surface area (Å²) in [6, 6.07) is 9.30. The minimum atomic E-state index is -3.91. The average Bonchev–Trinajstić information content (AvgIpc) is 3.38. The SMILES string of the molecule is C[C@@H]1CCCN1CCCOc1cc(F)cc(S(=O)(=O)c2ccc3c(c2)OC2CNCCC32)c1. The number of nitrogens with one attached hydrogen (secondary N) is 1. The van der Waals surface area contributed by atoms with Gasteiger partial charge in [0.15, 0.2) is 0 Å². The fourth-order valence-electron chi connectivity index (χ4n) is 5.26. The Labute approximate surface area is 195 Å². The molecular weight excluding hydrogens is 443 g/mol. The zero-order valence-electron chi connectivity index (χ0n) is 18.9. The van der Waals surface area contributed by atoms with E-state index in [4.69, 9.17) is 9.47 Å². The van der Waals surface area contributed by atoms with Crippen molar-refractivity contribution in [3.63, 3.8) is 0 Å². The summed E-state index contributed by atoms with van der Waals surface area (Å²) >= 11 is 0. The van der Waals surface area contributed by atoms with Crippen LogP contribution >= 0.6 is 0 Å². The minimum Gasteiger partial charge on any atom is -0.493 e. The molecule has 2 aromatic rings. The first kappa shape index (κ1) is 22.6. The van der Waals surface area contributed by atoms with Gasteiger partial charge in [0.1, 0.15) is 23.4 Å². The van der Waals surface area contributed by atoms with Crippen molar-refractivity contribution in [2.45, 2.75) is 60.5 Å². The monoisotopic (exact) mass is 474 g/mol. The average molecular weight is 475 g/mol. The third kappa shape index (κ3) is 4.61. The minimum absolute atomic E-state index is 0.0319. The molecule has 0 spiro atoms. The molecule has 0 aliphatic carbocycles. The Bertz CT molecular complexity index is 1120. The maximum Gasteiger partial charge on any atom is 0.206 e. The maximum absolute atomic E-state index is 14.3. The topological polar surface area (TPSA) is 67.9 Å². The number of halogens is 1. The Kier molecular flexibility index (Phi) is 6.33. The van der Waals surface area contributed by atoms with E-state index in [0.29, 0.717) is 18.4 Å². The van der Waals surface area contributed by atoms with Gasteiger partial charge in [-0.15, -0.1) is 0 Å². The van der Waals surface area contributed by atoms with Crippen LogP contribution in [0.5, 0.6) is 11.5 Å². The number of hydrogen-bond donors (Lipinski definition) is 1. The number of sulfone groups is 1. The molecule has 178 valence electrons. The number of rotatable bonds is 7. The molecule has 6 nitrogen and oxygen atoms in total. The van der Waals surface area contributed by atoms with Crippen LogP contribution in [0.2, 0.25) is 0 Å². The maximum atomic E-state index is 14.3. The molecule has 3 aliphatic rings. The Morgan fingerprint density at radius 1 is 1.18 bits per heavy atom. The van der Waals surface area contributed by atoms with Crippen LogP contribution in [0, 0.1) is 5.82 Å². The van der Waals surface area contributed by atoms with Crippen molar-refractivity contribution in [2.75, 3.05) is 32.8 Å². The van der Waals surface area contributed by atoms with Crippen LogP contribution in [0.3, 0.4) is 0 Å². The Balaban J connectivity index is 1.30. The highest BCUT2D eigenvalue weighted by atomic mass is 32.2. The van der Waals surface area contributed by atoms with Gasteiger partial charge >= 0.3 is 0 Å². The van der Waals surface area contributed by atoms with Crippen molar-refractivity contribution in [1.82, 2.24) is 10.2 Å². The first-order valence-electron chi connectivity index (χ1n) is 11.9. The summed E-state index contributed by atoms with van der Waals surface area (Å²) in [5.74, 6) is 0.501. The van der Waals surface area contributed by atoms with Crippen LogP contribution < -0.4 is 14.8 Å². The number of fused-ring (bicyclic) bond motifs is 3. The molecule has 1 N–H and O–H groups in total. The predicted molar refractivity (Wildman–Crippen MR) is 123 cm³/mol. The van der Waals surface area contributed by atoms with E-state index < -0.39 is 15.7 Å². The predicted octanol–water partition coefficient (Wildman–Crippen LogP) is 3.75. The highest BCUT2D eigenvalue weighted by Gasteiger charge is 2.37. The second-order valence-corrected chi connectivity index (χ2v) is 11.3. The van der Waals surface area contributed by atoms with E-state index in [2.05, 4.69) is 17.1 Å². The van der Waals surface area contributed by atoms with Crippen molar-refractivity contribution in [3.8, 4) is 11.5 Å². The summed E-state index contributed by atoms with van der Waals surface area (Å²) < 4.78 is 52.7. The summed E-state index contributed by atoms with van der Waals surface area (Å²) in [6.45, 7) is 6.35. The lowest BCUT2D eigenvalue weighted by Gasteiger charge is -2.24. The molecular formula is C25H31FN2O4S. The van der Waals surface area contributed by atoms with E-state index >= 15 is 0 Å². The van der Waals surface area contributed by atoms with Gasteiger partial charge in [-0.2, -0.15) is 0 Å². The van der Waals surface area contributed by atoms with Gasteiger partial charge in [0, 0.05) is 36.7 Å². The van der Waals surface area contributed by atoms with Crippen LogP contribution in [-0.2, 0) is 9.84 Å². The van der Waals surface area contributed by atoms with Gasteiger partial charge in [-0.1, -0.05) is 6.07 Å². The van der Waals surface area contributed by atoms with Gasteiger partial charge in [-0.3, -0.25) is 0 Å². The standard InChI is InChI=1S/C25H31FN2O4S/c1-17-4-2-9-28(17)10-3-11-31-19-12-18(26)13-21(14-19)33(29,30)20-5-6-22-23-7-8-27-16-25(23)32-24(22)15-20/h5-6,12-15,17,23,25,27H,2-4,7-11,16H2,1H3/t17-,23?,25?/m1/s1. The summed E-state index contributed by atoms with van der Waals surface area (Å²) in [5.41, 5.74) is 1.05. The third-order valence-corrected chi connectivity index (χ3v) is 8.83. The number of hydrogen-bond acceptors (Lipinski definition) is 6. The van der Waals surface area contributed by atoms with Gasteiger partial charge in [0.05, 0.1) is 16.4 Å². The van der Waals surface area contributed by atoms with Gasteiger partial charge < -0.3 is 19.7 Å². The lowest BCUT2D eigenvalue weighted by molar-refractivity contribution is 0.176. The Hall–Kier alpha value is -2.16. The highest BCUT2D eigenvalue weighted by Crippen LogP contribution is 2.43. The molecule has 0 radical (unpaired) electrons. The lowest BCUT2D eigenvalue weighted by atomic mass is 9.90. The summed E-state index contributed by atoms with van der Waals surface area (Å²) in [7, 11) is -3.91. The first-order chi connectivity index (χ1) is 15.9. The second kappa shape index (κ2) is 9.24. The molecule has 2 unspecified atom stereocenters. The molecule has 3 aliphatic heterocycles. The molecule has 0 bridgehead atoms. The summed E-state index contributed by atoms with van der Waals surface area (Å²) in [5, 5.41) is 3.31. The third-order valence-electron chi connectivity index (χ3n) is 7.10. The quantitative estimate of drug-likeness (QED) is 0.617. The van der Waals surface area contributed by atoms with E-state index in [1.165, 1.54) is 25.0 Å². The molecule has 0 amide bonds. The largest absolute Gasteiger partial charge is 0.493 e. The van der Waals surface area contributed by atoms with Crippen molar-refractivity contribution in [2.24, 2.45) is 0 Å². The molecule has 2 aromatic carbocycles. The number of nitrogens with zero attached hydrogens (tertiary/aromatic N) is 1. The van der Waals surface area contributed by atoms with Gasteiger partial charge in [-0.05, 0) is 70.0 Å². The normalized spacial score (nSPS) is 24.8. The van der Waals surface area contributed by atoms with Crippen molar-refractivity contribution in [3.05, 3.63) is 47.8 Å². The fraction of sp³-hybridized carbons (Fsp3) is 0.520. The van der Waals surface area contributed by atoms with Crippen molar-refractivity contribution in [1.29, 1.82) is 0 Å². The van der Waals surface area contributed by atoms with Gasteiger partial charge in [0.25, 0.3) is 0 Å². The van der Waals surface area contributed by atoms with E-state index in [0.717, 1.165) is 50.7 Å². The zero-order valence-corrected chi connectivity index (χ0v) is 19.7. The molecule has 0 aromatic heterocycles. The molecule has 3 atom stereocenters. The second-order valence-electron chi connectivity index (χ2n) is 9.31. The Morgan fingerprint density at radius 2 is 2.06 bits per heavy atom. The number of ether oxygens (including phenoxy) is 2. The van der Waals surface area contributed by atoms with Crippen molar-refractivity contribution >= 4 is 9.84 Å². The summed E-state index contributed by atoms with van der Waals surface area (Å²) in [6.07, 6.45) is 4.24.